The molecule has 0 aromatic carbocycles. The molecule has 0 aliphatic rings. The maximum Gasteiger partial charge on any atom is 0.305 e. The van der Waals surface area contributed by atoms with Gasteiger partial charge in [-0.2, -0.15) is 15.3 Å². The van der Waals surface area contributed by atoms with Crippen LogP contribution in [-0.2, 0) is 24.4 Å². The summed E-state index contributed by atoms with van der Waals surface area (Å²) in [6, 6.07) is 0. The molecule has 0 saturated heterocycles. The van der Waals surface area contributed by atoms with E-state index in [-0.39, 0.29) is 18.9 Å². The first-order valence-corrected chi connectivity index (χ1v) is 9.41. The molecule has 3 rings (SSSR count). The standard InChI is InChI=1S/C19H25N7O3/c1-5-24-10-16(12(2)22-24)11-26-14(4)18(13(3)23-26)21-19(29)15-8-20-25(9-15)7-6-17(27)28/h8-10H,5-7,11H2,1-4H3,(H,21,29)(H,27,28). The number of carboxylic acids is 1. The predicted octanol–water partition coefficient (Wildman–Crippen LogP) is 2.00. The van der Waals surface area contributed by atoms with Crippen molar-refractivity contribution in [3.05, 3.63) is 46.8 Å². The first kappa shape index (κ1) is 20.3. The molecule has 3 aromatic rings. The fourth-order valence-corrected chi connectivity index (χ4v) is 3.07. The number of aryl methyl sites for hydroxylation is 4. The third-order valence-electron chi connectivity index (χ3n) is 4.76. The van der Waals surface area contributed by atoms with Crippen molar-refractivity contribution in [1.29, 1.82) is 0 Å². The topological polar surface area (TPSA) is 120 Å². The van der Waals surface area contributed by atoms with Crippen LogP contribution in [0.3, 0.4) is 0 Å². The number of hydrogen-bond donors (Lipinski definition) is 2. The first-order chi connectivity index (χ1) is 13.8. The highest BCUT2D eigenvalue weighted by molar-refractivity contribution is 6.04. The van der Waals surface area contributed by atoms with Gasteiger partial charge in [-0.1, -0.05) is 0 Å². The van der Waals surface area contributed by atoms with Crippen molar-refractivity contribution < 1.29 is 14.7 Å². The number of nitrogens with one attached hydrogen (secondary N) is 1. The Hall–Kier alpha value is -3.43. The number of hydrogen-bond acceptors (Lipinski definition) is 5. The molecule has 0 atom stereocenters. The summed E-state index contributed by atoms with van der Waals surface area (Å²) >= 11 is 0. The molecule has 0 saturated carbocycles. The molecule has 2 N–H and O–H groups in total. The van der Waals surface area contributed by atoms with Gasteiger partial charge in [0.2, 0.25) is 0 Å². The van der Waals surface area contributed by atoms with Crippen molar-refractivity contribution in [2.45, 2.75) is 53.8 Å². The number of nitrogens with zero attached hydrogens (tertiary/aromatic N) is 6. The number of anilines is 1. The van der Waals surface area contributed by atoms with Crippen molar-refractivity contribution in [2.75, 3.05) is 5.32 Å². The Bertz CT molecular complexity index is 1040. The number of carbonyl (C=O) groups is 2. The van der Waals surface area contributed by atoms with Gasteiger partial charge < -0.3 is 10.4 Å². The maximum atomic E-state index is 12.6. The van der Waals surface area contributed by atoms with E-state index in [4.69, 9.17) is 5.11 Å². The second-order valence-corrected chi connectivity index (χ2v) is 6.89. The Morgan fingerprint density at radius 2 is 1.86 bits per heavy atom. The minimum atomic E-state index is -0.912. The minimum Gasteiger partial charge on any atom is -0.481 e. The zero-order valence-corrected chi connectivity index (χ0v) is 17.0. The molecule has 1 amide bonds. The monoisotopic (exact) mass is 399 g/mol. The molecule has 0 spiro atoms. The molecule has 0 aliphatic heterocycles. The Morgan fingerprint density at radius 1 is 1.10 bits per heavy atom. The van der Waals surface area contributed by atoms with E-state index in [0.717, 1.165) is 29.2 Å². The fourth-order valence-electron chi connectivity index (χ4n) is 3.07. The minimum absolute atomic E-state index is 0.0538. The average molecular weight is 399 g/mol. The second kappa shape index (κ2) is 8.29. The van der Waals surface area contributed by atoms with Gasteiger partial charge >= 0.3 is 5.97 Å². The highest BCUT2D eigenvalue weighted by Crippen LogP contribution is 2.22. The van der Waals surface area contributed by atoms with Crippen molar-refractivity contribution >= 4 is 17.6 Å². The zero-order chi connectivity index (χ0) is 21.1. The lowest BCUT2D eigenvalue weighted by Crippen LogP contribution is -2.13. The summed E-state index contributed by atoms with van der Waals surface area (Å²) in [5.41, 5.74) is 4.62. The lowest BCUT2D eigenvalue weighted by atomic mass is 10.2. The van der Waals surface area contributed by atoms with Crippen LogP contribution >= 0.6 is 0 Å². The van der Waals surface area contributed by atoms with Crippen LogP contribution < -0.4 is 5.32 Å². The van der Waals surface area contributed by atoms with Crippen molar-refractivity contribution in [2.24, 2.45) is 0 Å². The normalized spacial score (nSPS) is 11.0. The van der Waals surface area contributed by atoms with Gasteiger partial charge in [-0.3, -0.25) is 23.6 Å². The number of aliphatic carboxylic acids is 1. The molecule has 10 nitrogen and oxygen atoms in total. The van der Waals surface area contributed by atoms with E-state index in [0.29, 0.717) is 17.8 Å². The summed E-state index contributed by atoms with van der Waals surface area (Å²) < 4.78 is 5.19. The van der Waals surface area contributed by atoms with E-state index in [1.54, 1.807) is 0 Å². The van der Waals surface area contributed by atoms with Crippen molar-refractivity contribution in [3.63, 3.8) is 0 Å². The predicted molar refractivity (Wildman–Crippen MR) is 106 cm³/mol. The quantitative estimate of drug-likeness (QED) is 0.598. The van der Waals surface area contributed by atoms with E-state index >= 15 is 0 Å². The highest BCUT2D eigenvalue weighted by atomic mass is 16.4. The molecule has 0 bridgehead atoms. The summed E-state index contributed by atoms with van der Waals surface area (Å²) in [5, 5.41) is 24.7. The van der Waals surface area contributed by atoms with Crippen LogP contribution in [0.5, 0.6) is 0 Å². The van der Waals surface area contributed by atoms with Crippen molar-refractivity contribution in [1.82, 2.24) is 29.3 Å². The lowest BCUT2D eigenvalue weighted by Gasteiger charge is -2.06. The van der Waals surface area contributed by atoms with E-state index < -0.39 is 5.97 Å². The van der Waals surface area contributed by atoms with Crippen LogP contribution in [0.1, 0.15) is 46.3 Å². The number of carbonyl (C=O) groups excluding carboxylic acids is 1. The molecule has 10 heteroatoms. The first-order valence-electron chi connectivity index (χ1n) is 9.41. The molecule has 0 unspecified atom stereocenters. The van der Waals surface area contributed by atoms with E-state index in [2.05, 4.69) is 20.6 Å². The van der Waals surface area contributed by atoms with Gasteiger partial charge in [0.1, 0.15) is 0 Å². The summed E-state index contributed by atoms with van der Waals surface area (Å²) in [6.45, 7) is 9.35. The number of carboxylic acid groups (broad SMARTS) is 1. The van der Waals surface area contributed by atoms with Gasteiger partial charge in [-0.25, -0.2) is 0 Å². The Kier molecular flexibility index (Phi) is 5.81. The summed E-state index contributed by atoms with van der Waals surface area (Å²) in [5.74, 6) is -1.22. The molecule has 3 aromatic heterocycles. The van der Waals surface area contributed by atoms with Gasteiger partial charge in [-0.05, 0) is 27.7 Å². The zero-order valence-electron chi connectivity index (χ0n) is 17.0. The smallest absolute Gasteiger partial charge is 0.305 e. The SMILES string of the molecule is CCn1cc(Cn2nc(C)c(NC(=O)c3cnn(CCC(=O)O)c3)c2C)c(C)n1. The third kappa shape index (κ3) is 4.53. The molecule has 0 radical (unpaired) electrons. The summed E-state index contributed by atoms with van der Waals surface area (Å²) in [4.78, 5) is 23.3. The van der Waals surface area contributed by atoms with E-state index in [1.165, 1.54) is 17.1 Å². The third-order valence-corrected chi connectivity index (χ3v) is 4.76. The van der Waals surface area contributed by atoms with Crippen LogP contribution in [0.25, 0.3) is 0 Å². The van der Waals surface area contributed by atoms with Crippen LogP contribution in [-0.4, -0.2) is 46.3 Å². The maximum absolute atomic E-state index is 12.6. The molecule has 0 aliphatic carbocycles. The second-order valence-electron chi connectivity index (χ2n) is 6.89. The Balaban J connectivity index is 1.73. The molecular weight excluding hydrogens is 374 g/mol. The number of aromatic nitrogens is 6. The molecule has 3 heterocycles. The lowest BCUT2D eigenvalue weighted by molar-refractivity contribution is -0.137. The van der Waals surface area contributed by atoms with Crippen molar-refractivity contribution in [3.8, 4) is 0 Å². The van der Waals surface area contributed by atoms with E-state index in [1.807, 2.05) is 43.3 Å². The molecular formula is C19H25N7O3. The Labute approximate surface area is 168 Å². The summed E-state index contributed by atoms with van der Waals surface area (Å²) in [6.07, 6.45) is 4.92. The van der Waals surface area contributed by atoms with Gasteiger partial charge in [-0.15, -0.1) is 0 Å². The van der Waals surface area contributed by atoms with Gasteiger partial charge in [0.25, 0.3) is 5.91 Å². The highest BCUT2D eigenvalue weighted by Gasteiger charge is 2.17. The summed E-state index contributed by atoms with van der Waals surface area (Å²) in [7, 11) is 0. The molecule has 154 valence electrons. The number of amides is 1. The van der Waals surface area contributed by atoms with Crippen LogP contribution in [0.4, 0.5) is 5.69 Å². The van der Waals surface area contributed by atoms with Crippen LogP contribution in [0.2, 0.25) is 0 Å². The molecule has 0 fully saturated rings. The average Bonchev–Trinajstić information content (AvgIpc) is 3.35. The van der Waals surface area contributed by atoms with Crippen LogP contribution in [0.15, 0.2) is 18.6 Å². The van der Waals surface area contributed by atoms with Gasteiger partial charge in [0, 0.05) is 24.5 Å². The van der Waals surface area contributed by atoms with Crippen LogP contribution in [0, 0.1) is 20.8 Å². The van der Waals surface area contributed by atoms with Gasteiger partial charge in [0.15, 0.2) is 0 Å². The largest absolute Gasteiger partial charge is 0.481 e. The fraction of sp³-hybridized carbons (Fsp3) is 0.421. The van der Waals surface area contributed by atoms with Gasteiger partial charge in [0.05, 0.1) is 54.0 Å². The Morgan fingerprint density at radius 3 is 2.52 bits per heavy atom. The number of rotatable bonds is 8. The molecule has 29 heavy (non-hydrogen) atoms. The van der Waals surface area contributed by atoms with E-state index in [9.17, 15) is 9.59 Å².